The number of nitrogens with zero attached hydrogens (tertiary/aromatic N) is 3. The van der Waals surface area contributed by atoms with E-state index in [9.17, 15) is 14.7 Å². The maximum atomic E-state index is 12.6. The van der Waals surface area contributed by atoms with Crippen molar-refractivity contribution in [2.45, 2.75) is 26.3 Å². The van der Waals surface area contributed by atoms with Crippen molar-refractivity contribution in [2.24, 2.45) is 5.92 Å². The Morgan fingerprint density at radius 1 is 1.06 bits per heavy atom. The van der Waals surface area contributed by atoms with Crippen molar-refractivity contribution in [3.8, 4) is 5.75 Å². The van der Waals surface area contributed by atoms with Crippen molar-refractivity contribution in [2.75, 3.05) is 30.3 Å². The summed E-state index contributed by atoms with van der Waals surface area (Å²) in [4.78, 5) is 27.2. The molecule has 0 atom stereocenters. The minimum atomic E-state index is -0.139. The number of hydrogen-bond donors (Lipinski definition) is 3. The predicted molar refractivity (Wildman–Crippen MR) is 127 cm³/mol. The van der Waals surface area contributed by atoms with E-state index < -0.39 is 0 Å². The van der Waals surface area contributed by atoms with Gasteiger partial charge in [0.25, 0.3) is 0 Å². The number of aryl methyl sites for hydroxylation is 1. The number of phenolic OH excluding ortho intramolecular Hbond substituents is 1. The largest absolute Gasteiger partial charge is 0.506 e. The molecule has 0 radical (unpaired) electrons. The summed E-state index contributed by atoms with van der Waals surface area (Å²) in [7, 11) is 0. The van der Waals surface area contributed by atoms with Crippen molar-refractivity contribution >= 4 is 23.3 Å². The molecule has 172 valence electrons. The van der Waals surface area contributed by atoms with Gasteiger partial charge < -0.3 is 15.7 Å². The molecule has 1 aromatic heterocycles. The third kappa shape index (κ3) is 5.98. The van der Waals surface area contributed by atoms with Crippen molar-refractivity contribution < 1.29 is 14.7 Å². The molecule has 1 aliphatic heterocycles. The normalized spacial score (nSPS) is 14.7. The summed E-state index contributed by atoms with van der Waals surface area (Å²) in [6, 6.07) is 16.7. The van der Waals surface area contributed by atoms with Crippen LogP contribution in [-0.4, -0.2) is 51.2 Å². The Kier molecular flexibility index (Phi) is 7.04. The molecule has 4 rings (SSSR count). The second-order valence-corrected chi connectivity index (χ2v) is 8.47. The van der Waals surface area contributed by atoms with E-state index in [4.69, 9.17) is 0 Å². The Labute approximate surface area is 193 Å². The number of aromatic nitrogens is 2. The number of carbonyl (C=O) groups excluding carboxylic acids is 2. The van der Waals surface area contributed by atoms with Gasteiger partial charge >= 0.3 is 0 Å². The molecule has 3 aromatic rings. The number of carbonyl (C=O) groups is 2. The molecular weight excluding hydrogens is 418 g/mol. The molecule has 1 aliphatic rings. The minimum absolute atomic E-state index is 0.0570. The summed E-state index contributed by atoms with van der Waals surface area (Å²) < 4.78 is 1.78. The standard InChI is InChI=1S/C25H29N5O3/c1-18-5-4-6-19(15-18)16-30-23(9-12-26-30)28-24(32)17-29-13-10-20(11-14-29)25(33)27-21-7-2-3-8-22(21)31/h2-9,12,15,20,31H,10-11,13-14,16-17H2,1H3,(H,27,33)(H,28,32). The number of nitrogens with one attached hydrogen (secondary N) is 2. The zero-order chi connectivity index (χ0) is 23.2. The van der Waals surface area contributed by atoms with Gasteiger partial charge in [0.1, 0.15) is 11.6 Å². The van der Waals surface area contributed by atoms with E-state index in [2.05, 4.69) is 26.7 Å². The summed E-state index contributed by atoms with van der Waals surface area (Å²) in [5, 5.41) is 19.9. The highest BCUT2D eigenvalue weighted by Crippen LogP contribution is 2.24. The monoisotopic (exact) mass is 447 g/mol. The lowest BCUT2D eigenvalue weighted by atomic mass is 9.95. The number of rotatable bonds is 7. The van der Waals surface area contributed by atoms with Crippen molar-refractivity contribution in [1.82, 2.24) is 14.7 Å². The van der Waals surface area contributed by atoms with Crippen LogP contribution in [0.15, 0.2) is 60.8 Å². The number of likely N-dealkylation sites (tertiary alicyclic amines) is 1. The van der Waals surface area contributed by atoms with E-state index in [0.717, 1.165) is 5.56 Å². The van der Waals surface area contributed by atoms with Crippen LogP contribution in [0.1, 0.15) is 24.0 Å². The van der Waals surface area contributed by atoms with E-state index >= 15 is 0 Å². The molecule has 0 bridgehead atoms. The molecule has 0 unspecified atom stereocenters. The fourth-order valence-electron chi connectivity index (χ4n) is 4.10. The average Bonchev–Trinajstić information content (AvgIpc) is 3.22. The summed E-state index contributed by atoms with van der Waals surface area (Å²) >= 11 is 0. The van der Waals surface area contributed by atoms with E-state index in [1.165, 1.54) is 5.56 Å². The first-order valence-corrected chi connectivity index (χ1v) is 11.2. The van der Waals surface area contributed by atoms with Gasteiger partial charge in [-0.2, -0.15) is 5.10 Å². The predicted octanol–water partition coefficient (Wildman–Crippen LogP) is 3.23. The van der Waals surface area contributed by atoms with Crippen LogP contribution in [0.25, 0.3) is 0 Å². The van der Waals surface area contributed by atoms with Gasteiger partial charge in [-0.15, -0.1) is 0 Å². The Balaban J connectivity index is 1.25. The highest BCUT2D eigenvalue weighted by molar-refractivity contribution is 5.94. The maximum absolute atomic E-state index is 12.6. The molecule has 2 amide bonds. The lowest BCUT2D eigenvalue weighted by Gasteiger charge is -2.30. The summed E-state index contributed by atoms with van der Waals surface area (Å²) in [6.07, 6.45) is 3.01. The van der Waals surface area contributed by atoms with Gasteiger partial charge in [0.2, 0.25) is 11.8 Å². The SMILES string of the molecule is Cc1cccc(Cn2nccc2NC(=O)CN2CCC(C(=O)Nc3ccccc3O)CC2)c1. The van der Waals surface area contributed by atoms with Crippen LogP contribution in [0.4, 0.5) is 11.5 Å². The second-order valence-electron chi connectivity index (χ2n) is 8.47. The molecule has 8 nitrogen and oxygen atoms in total. The van der Waals surface area contributed by atoms with Gasteiger partial charge in [-0.05, 0) is 50.6 Å². The van der Waals surface area contributed by atoms with Crippen molar-refractivity contribution in [3.05, 3.63) is 71.9 Å². The molecule has 2 heterocycles. The summed E-state index contributed by atoms with van der Waals surface area (Å²) in [5.74, 6) is 0.387. The third-order valence-corrected chi connectivity index (χ3v) is 5.89. The van der Waals surface area contributed by atoms with E-state index in [0.29, 0.717) is 44.0 Å². The number of para-hydroxylation sites is 2. The maximum Gasteiger partial charge on any atom is 0.239 e. The molecule has 0 aliphatic carbocycles. The van der Waals surface area contributed by atoms with Gasteiger partial charge in [-0.25, -0.2) is 4.68 Å². The van der Waals surface area contributed by atoms with E-state index in [1.54, 1.807) is 41.2 Å². The summed E-state index contributed by atoms with van der Waals surface area (Å²) in [5.41, 5.74) is 2.73. The van der Waals surface area contributed by atoms with Gasteiger partial charge in [-0.1, -0.05) is 42.0 Å². The molecule has 3 N–H and O–H groups in total. The van der Waals surface area contributed by atoms with Gasteiger partial charge in [0, 0.05) is 12.0 Å². The molecule has 1 saturated heterocycles. The van der Waals surface area contributed by atoms with E-state index in [-0.39, 0.29) is 30.0 Å². The smallest absolute Gasteiger partial charge is 0.239 e. The Hall–Kier alpha value is -3.65. The number of phenols is 1. The fourth-order valence-corrected chi connectivity index (χ4v) is 4.10. The summed E-state index contributed by atoms with van der Waals surface area (Å²) in [6.45, 7) is 4.22. The molecule has 0 saturated carbocycles. The minimum Gasteiger partial charge on any atom is -0.506 e. The lowest BCUT2D eigenvalue weighted by molar-refractivity contribution is -0.121. The van der Waals surface area contributed by atoms with Crippen LogP contribution in [0.2, 0.25) is 0 Å². The fraction of sp³-hybridized carbons (Fsp3) is 0.320. The lowest BCUT2D eigenvalue weighted by Crippen LogP contribution is -2.42. The molecule has 8 heteroatoms. The zero-order valence-corrected chi connectivity index (χ0v) is 18.7. The highest BCUT2D eigenvalue weighted by atomic mass is 16.3. The first-order chi connectivity index (χ1) is 16.0. The van der Waals surface area contributed by atoms with Gasteiger partial charge in [-0.3, -0.25) is 14.5 Å². The number of hydrogen-bond acceptors (Lipinski definition) is 5. The molecule has 33 heavy (non-hydrogen) atoms. The van der Waals surface area contributed by atoms with Crippen LogP contribution in [0.3, 0.4) is 0 Å². The second kappa shape index (κ2) is 10.3. The van der Waals surface area contributed by atoms with Crippen LogP contribution in [0, 0.1) is 12.8 Å². The molecular formula is C25H29N5O3. The number of anilines is 2. The zero-order valence-electron chi connectivity index (χ0n) is 18.7. The first kappa shape index (κ1) is 22.5. The van der Waals surface area contributed by atoms with Crippen LogP contribution in [0.5, 0.6) is 5.75 Å². The van der Waals surface area contributed by atoms with Crippen LogP contribution < -0.4 is 10.6 Å². The molecule has 0 spiro atoms. The first-order valence-electron chi connectivity index (χ1n) is 11.2. The van der Waals surface area contributed by atoms with E-state index in [1.807, 2.05) is 25.1 Å². The Morgan fingerprint density at radius 3 is 2.61 bits per heavy atom. The quantitative estimate of drug-likeness (QED) is 0.483. The highest BCUT2D eigenvalue weighted by Gasteiger charge is 2.26. The van der Waals surface area contributed by atoms with Crippen molar-refractivity contribution in [1.29, 1.82) is 0 Å². The Bertz CT molecular complexity index is 1120. The molecule has 1 fully saturated rings. The van der Waals surface area contributed by atoms with Crippen LogP contribution in [-0.2, 0) is 16.1 Å². The average molecular weight is 448 g/mol. The number of aromatic hydroxyl groups is 1. The Morgan fingerprint density at radius 2 is 1.85 bits per heavy atom. The third-order valence-electron chi connectivity index (χ3n) is 5.89. The molecule has 2 aromatic carbocycles. The van der Waals surface area contributed by atoms with Crippen molar-refractivity contribution in [3.63, 3.8) is 0 Å². The van der Waals surface area contributed by atoms with Gasteiger partial charge in [0.15, 0.2) is 0 Å². The number of amides is 2. The van der Waals surface area contributed by atoms with Gasteiger partial charge in [0.05, 0.1) is 25.0 Å². The number of benzene rings is 2. The topological polar surface area (TPSA) is 99.5 Å². The van der Waals surface area contributed by atoms with Crippen LogP contribution >= 0.6 is 0 Å². The number of piperidine rings is 1.